The summed E-state index contributed by atoms with van der Waals surface area (Å²) in [6, 6.07) is 14.7. The number of aryl methyl sites for hydroxylation is 1. The lowest BCUT2D eigenvalue weighted by molar-refractivity contribution is 0.0880. The minimum absolute atomic E-state index is 0.275. The third-order valence-electron chi connectivity index (χ3n) is 6.62. The SMILES string of the molecule is CCCCCc1ccc2c(c1)-c1c3c(c4c([nH]c5ccccc54)c1C2)C(=O)NC3=O. The Hall–Kier alpha value is -3.40. The number of benzene rings is 3. The highest BCUT2D eigenvalue weighted by molar-refractivity contribution is 6.33. The number of para-hydroxylation sites is 1. The number of fused-ring (bicyclic) bond motifs is 10. The Morgan fingerprint density at radius 2 is 1.77 bits per heavy atom. The van der Waals surface area contributed by atoms with Crippen molar-refractivity contribution >= 4 is 33.6 Å². The van der Waals surface area contributed by atoms with Gasteiger partial charge in [0.05, 0.1) is 16.6 Å². The Bertz CT molecular complexity index is 1390. The van der Waals surface area contributed by atoms with E-state index >= 15 is 0 Å². The molecule has 0 radical (unpaired) electrons. The van der Waals surface area contributed by atoms with Gasteiger partial charge in [0.15, 0.2) is 0 Å². The normalized spacial score (nSPS) is 14.3. The fraction of sp³-hybridized carbons (Fsp3) is 0.231. The average Bonchev–Trinajstić information content (AvgIpc) is 3.39. The number of imide groups is 1. The molecule has 30 heavy (non-hydrogen) atoms. The number of carbonyl (C=O) groups is 2. The van der Waals surface area contributed by atoms with Crippen molar-refractivity contribution in [3.63, 3.8) is 0 Å². The topological polar surface area (TPSA) is 62.0 Å². The molecule has 4 nitrogen and oxygen atoms in total. The zero-order chi connectivity index (χ0) is 20.4. The molecule has 1 aromatic heterocycles. The number of aromatic amines is 1. The lowest BCUT2D eigenvalue weighted by atomic mass is 9.91. The van der Waals surface area contributed by atoms with Crippen molar-refractivity contribution in [2.45, 2.75) is 39.0 Å². The first-order valence-corrected chi connectivity index (χ1v) is 10.7. The molecule has 0 unspecified atom stereocenters. The van der Waals surface area contributed by atoms with Crippen LogP contribution in [0.1, 0.15) is 63.6 Å². The summed E-state index contributed by atoms with van der Waals surface area (Å²) in [4.78, 5) is 29.3. The van der Waals surface area contributed by atoms with Crippen LogP contribution in [0.5, 0.6) is 0 Å². The monoisotopic (exact) mass is 394 g/mol. The van der Waals surface area contributed by atoms with E-state index in [1.807, 2.05) is 24.3 Å². The van der Waals surface area contributed by atoms with E-state index in [0.29, 0.717) is 11.1 Å². The summed E-state index contributed by atoms with van der Waals surface area (Å²) >= 11 is 0. The van der Waals surface area contributed by atoms with Crippen molar-refractivity contribution in [1.29, 1.82) is 0 Å². The van der Waals surface area contributed by atoms with Crippen molar-refractivity contribution in [3.8, 4) is 11.1 Å². The molecule has 0 saturated carbocycles. The van der Waals surface area contributed by atoms with Crippen LogP contribution in [0, 0.1) is 0 Å². The first-order chi connectivity index (χ1) is 14.7. The standard InChI is InChI=1S/C26H22N2O2/c1-2-3-4-7-14-10-11-15-13-18-20(17(15)12-14)22-23(26(30)28-25(22)29)21-16-8-5-6-9-19(16)27-24(18)21/h5-6,8-12,27H,2-4,7,13H2,1H3,(H,28,29,30). The summed E-state index contributed by atoms with van der Waals surface area (Å²) in [7, 11) is 0. The summed E-state index contributed by atoms with van der Waals surface area (Å²) in [5.74, 6) is -0.567. The summed E-state index contributed by atoms with van der Waals surface area (Å²) < 4.78 is 0. The van der Waals surface area contributed by atoms with Gasteiger partial charge in [-0.05, 0) is 41.2 Å². The molecule has 2 amide bonds. The highest BCUT2D eigenvalue weighted by atomic mass is 16.2. The first kappa shape index (κ1) is 17.5. The van der Waals surface area contributed by atoms with Gasteiger partial charge < -0.3 is 4.98 Å². The number of amides is 2. The van der Waals surface area contributed by atoms with Crippen LogP contribution in [0.25, 0.3) is 32.9 Å². The van der Waals surface area contributed by atoms with Gasteiger partial charge in [0, 0.05) is 28.3 Å². The molecular weight excluding hydrogens is 372 g/mol. The number of carbonyl (C=O) groups excluding carboxylic acids is 2. The minimum atomic E-state index is -0.292. The average molecular weight is 394 g/mol. The van der Waals surface area contributed by atoms with Crippen molar-refractivity contribution in [3.05, 3.63) is 70.3 Å². The van der Waals surface area contributed by atoms with Crippen LogP contribution in [-0.4, -0.2) is 16.8 Å². The number of unbranched alkanes of at least 4 members (excludes halogenated alkanes) is 2. The fourth-order valence-corrected chi connectivity index (χ4v) is 5.25. The number of aromatic nitrogens is 1. The molecule has 2 aliphatic rings. The molecule has 3 aromatic carbocycles. The molecule has 0 saturated heterocycles. The maximum atomic E-state index is 12.9. The number of hydrogen-bond acceptors (Lipinski definition) is 2. The van der Waals surface area contributed by atoms with Gasteiger partial charge in [0.25, 0.3) is 11.8 Å². The molecule has 2 heterocycles. The Morgan fingerprint density at radius 3 is 2.63 bits per heavy atom. The van der Waals surface area contributed by atoms with E-state index in [2.05, 4.69) is 35.4 Å². The van der Waals surface area contributed by atoms with Crippen molar-refractivity contribution < 1.29 is 9.59 Å². The zero-order valence-electron chi connectivity index (χ0n) is 16.9. The zero-order valence-corrected chi connectivity index (χ0v) is 16.9. The molecule has 2 N–H and O–H groups in total. The van der Waals surface area contributed by atoms with Crippen LogP contribution in [0.4, 0.5) is 0 Å². The molecule has 0 atom stereocenters. The summed E-state index contributed by atoms with van der Waals surface area (Å²) in [5.41, 5.74) is 8.76. The van der Waals surface area contributed by atoms with Crippen molar-refractivity contribution in [1.82, 2.24) is 10.3 Å². The Kier molecular flexibility index (Phi) is 3.66. The summed E-state index contributed by atoms with van der Waals surface area (Å²) in [6.45, 7) is 2.21. The lowest BCUT2D eigenvalue weighted by Crippen LogP contribution is -2.20. The van der Waals surface area contributed by atoms with Crippen LogP contribution in [-0.2, 0) is 12.8 Å². The molecule has 6 rings (SSSR count). The van der Waals surface area contributed by atoms with Gasteiger partial charge in [-0.25, -0.2) is 0 Å². The minimum Gasteiger partial charge on any atom is -0.354 e. The van der Waals surface area contributed by atoms with Gasteiger partial charge in [0.1, 0.15) is 0 Å². The molecule has 0 fully saturated rings. The predicted molar refractivity (Wildman–Crippen MR) is 119 cm³/mol. The van der Waals surface area contributed by atoms with Crippen molar-refractivity contribution in [2.75, 3.05) is 0 Å². The van der Waals surface area contributed by atoms with Gasteiger partial charge >= 0.3 is 0 Å². The van der Waals surface area contributed by atoms with Crippen LogP contribution < -0.4 is 5.32 Å². The molecule has 0 spiro atoms. The van der Waals surface area contributed by atoms with E-state index in [1.54, 1.807) is 0 Å². The second kappa shape index (κ2) is 6.30. The van der Waals surface area contributed by atoms with E-state index in [9.17, 15) is 9.59 Å². The van der Waals surface area contributed by atoms with E-state index in [4.69, 9.17) is 0 Å². The number of hydrogen-bond donors (Lipinski definition) is 2. The Balaban J connectivity index is 1.66. The number of rotatable bonds is 4. The molecule has 0 bridgehead atoms. The van der Waals surface area contributed by atoms with Gasteiger partial charge in [-0.2, -0.15) is 0 Å². The van der Waals surface area contributed by atoms with Gasteiger partial charge in [0.2, 0.25) is 0 Å². The molecule has 4 heteroatoms. The van der Waals surface area contributed by atoms with Crippen LogP contribution in [0.2, 0.25) is 0 Å². The molecule has 1 aliphatic carbocycles. The molecular formula is C26H22N2O2. The third-order valence-corrected chi connectivity index (χ3v) is 6.62. The molecule has 1 aliphatic heterocycles. The summed E-state index contributed by atoms with van der Waals surface area (Å²) in [6.07, 6.45) is 5.40. The van der Waals surface area contributed by atoms with Gasteiger partial charge in [-0.15, -0.1) is 0 Å². The fourth-order valence-electron chi connectivity index (χ4n) is 5.25. The largest absolute Gasteiger partial charge is 0.354 e. The van der Waals surface area contributed by atoms with Crippen LogP contribution in [0.15, 0.2) is 42.5 Å². The maximum absolute atomic E-state index is 12.9. The van der Waals surface area contributed by atoms with E-state index in [1.165, 1.54) is 30.4 Å². The van der Waals surface area contributed by atoms with Gasteiger partial charge in [-0.1, -0.05) is 56.2 Å². The van der Waals surface area contributed by atoms with E-state index in [0.717, 1.165) is 51.3 Å². The van der Waals surface area contributed by atoms with Crippen molar-refractivity contribution in [2.24, 2.45) is 0 Å². The van der Waals surface area contributed by atoms with E-state index < -0.39 is 0 Å². The maximum Gasteiger partial charge on any atom is 0.259 e. The second-order valence-electron chi connectivity index (χ2n) is 8.43. The highest BCUT2D eigenvalue weighted by Crippen LogP contribution is 2.47. The number of H-pyrrole nitrogens is 1. The Morgan fingerprint density at radius 1 is 0.933 bits per heavy atom. The predicted octanol–water partition coefficient (Wildman–Crippen LogP) is 5.51. The third kappa shape index (κ3) is 2.28. The molecule has 4 aromatic rings. The lowest BCUT2D eigenvalue weighted by Gasteiger charge is -2.10. The first-order valence-electron chi connectivity index (χ1n) is 10.7. The van der Waals surface area contributed by atoms with Crippen LogP contribution >= 0.6 is 0 Å². The van der Waals surface area contributed by atoms with Gasteiger partial charge in [-0.3, -0.25) is 14.9 Å². The van der Waals surface area contributed by atoms with E-state index in [-0.39, 0.29) is 11.8 Å². The smallest absolute Gasteiger partial charge is 0.259 e. The van der Waals surface area contributed by atoms with Crippen LogP contribution in [0.3, 0.4) is 0 Å². The molecule has 148 valence electrons. The number of nitrogens with one attached hydrogen (secondary N) is 2. The summed E-state index contributed by atoms with van der Waals surface area (Å²) in [5, 5.41) is 4.42. The highest BCUT2D eigenvalue weighted by Gasteiger charge is 2.38. The second-order valence-corrected chi connectivity index (χ2v) is 8.43. The Labute approximate surface area is 174 Å². The quantitative estimate of drug-likeness (QED) is 0.312.